The third-order valence-corrected chi connectivity index (χ3v) is 4.88. The Morgan fingerprint density at radius 3 is 2.24 bits per heavy atom. The number of hydrogen-bond acceptors (Lipinski definition) is 2. The van der Waals surface area contributed by atoms with Gasteiger partial charge in [-0.1, -0.05) is 19.1 Å². The van der Waals surface area contributed by atoms with E-state index in [9.17, 15) is 4.79 Å². The highest BCUT2D eigenvalue weighted by Gasteiger charge is 2.54. The van der Waals surface area contributed by atoms with Gasteiger partial charge in [-0.15, -0.1) is 0 Å². The van der Waals surface area contributed by atoms with E-state index in [1.165, 1.54) is 12.8 Å². The molecule has 0 aromatic heterocycles. The van der Waals surface area contributed by atoms with Crippen LogP contribution in [0, 0.1) is 11.3 Å². The monoisotopic (exact) mass is 254 g/mol. The summed E-state index contributed by atoms with van der Waals surface area (Å²) >= 11 is 5.04. The number of rotatable bonds is 3. The van der Waals surface area contributed by atoms with Crippen molar-refractivity contribution in [1.29, 1.82) is 0 Å². The fourth-order valence-electron chi connectivity index (χ4n) is 2.82. The summed E-state index contributed by atoms with van der Waals surface area (Å²) in [6.07, 6.45) is 6.38. The van der Waals surface area contributed by atoms with Crippen LogP contribution in [0.4, 0.5) is 0 Å². The molecule has 3 nitrogen and oxygen atoms in total. The first kappa shape index (κ1) is 12.8. The predicted molar refractivity (Wildman–Crippen MR) is 72.6 cm³/mol. The summed E-state index contributed by atoms with van der Waals surface area (Å²) in [5.41, 5.74) is 5.23. The number of amides is 1. The Labute approximate surface area is 109 Å². The zero-order valence-corrected chi connectivity index (χ0v) is 11.6. The van der Waals surface area contributed by atoms with E-state index in [-0.39, 0.29) is 5.91 Å². The summed E-state index contributed by atoms with van der Waals surface area (Å²) in [6, 6.07) is 0.394. The van der Waals surface area contributed by atoms with E-state index in [2.05, 4.69) is 6.92 Å². The van der Waals surface area contributed by atoms with Crippen LogP contribution in [-0.4, -0.2) is 28.9 Å². The van der Waals surface area contributed by atoms with Crippen molar-refractivity contribution in [3.63, 3.8) is 0 Å². The second-order valence-corrected chi connectivity index (χ2v) is 6.22. The Bertz CT molecular complexity index is 330. The standard InChI is InChI=1S/C13H22N2OS/c1-9-3-5-10(6-4-9)15(2)12(16)13(7-8-13)11(14)17/h9-10H,3-8H2,1-2H3,(H2,14,17). The fraction of sp³-hybridized carbons (Fsp3) is 0.846. The maximum absolute atomic E-state index is 12.4. The normalized spacial score (nSPS) is 30.7. The van der Waals surface area contributed by atoms with Crippen LogP contribution in [0.1, 0.15) is 45.4 Å². The molecule has 2 N–H and O–H groups in total. The second kappa shape index (κ2) is 4.56. The Balaban J connectivity index is 1.98. The molecule has 0 unspecified atom stereocenters. The number of thiocarbonyl (C=S) groups is 1. The smallest absolute Gasteiger partial charge is 0.235 e. The third-order valence-electron chi connectivity index (χ3n) is 4.48. The van der Waals surface area contributed by atoms with Crippen LogP contribution < -0.4 is 5.73 Å². The summed E-state index contributed by atoms with van der Waals surface area (Å²) < 4.78 is 0. The topological polar surface area (TPSA) is 46.3 Å². The molecular formula is C13H22N2OS. The molecule has 2 saturated carbocycles. The molecule has 17 heavy (non-hydrogen) atoms. The molecule has 0 bridgehead atoms. The predicted octanol–water partition coefficient (Wildman–Crippen LogP) is 2.09. The van der Waals surface area contributed by atoms with E-state index in [4.69, 9.17) is 18.0 Å². The lowest BCUT2D eigenvalue weighted by atomic mass is 9.86. The van der Waals surface area contributed by atoms with Crippen molar-refractivity contribution in [3.8, 4) is 0 Å². The largest absolute Gasteiger partial charge is 0.392 e. The molecule has 4 heteroatoms. The van der Waals surface area contributed by atoms with Crippen molar-refractivity contribution in [2.24, 2.45) is 17.1 Å². The maximum atomic E-state index is 12.4. The number of carbonyl (C=O) groups is 1. The SMILES string of the molecule is CC1CCC(N(C)C(=O)C2(C(N)=S)CC2)CC1. The first-order chi connectivity index (χ1) is 7.97. The van der Waals surface area contributed by atoms with Gasteiger partial charge in [-0.05, 0) is 44.4 Å². The average Bonchev–Trinajstić information content (AvgIpc) is 3.09. The number of nitrogens with zero attached hydrogens (tertiary/aromatic N) is 1. The highest BCUT2D eigenvalue weighted by molar-refractivity contribution is 7.80. The van der Waals surface area contributed by atoms with Crippen molar-refractivity contribution in [3.05, 3.63) is 0 Å². The van der Waals surface area contributed by atoms with E-state index in [0.717, 1.165) is 31.6 Å². The zero-order valence-electron chi connectivity index (χ0n) is 10.7. The van der Waals surface area contributed by atoms with Gasteiger partial charge in [0.05, 0.1) is 10.4 Å². The summed E-state index contributed by atoms with van der Waals surface area (Å²) in [5, 5.41) is 0. The molecule has 0 heterocycles. The molecule has 2 aliphatic carbocycles. The van der Waals surface area contributed by atoms with Gasteiger partial charge in [0.25, 0.3) is 0 Å². The van der Waals surface area contributed by atoms with Crippen molar-refractivity contribution in [1.82, 2.24) is 4.90 Å². The van der Waals surface area contributed by atoms with Crippen LogP contribution in [0.5, 0.6) is 0 Å². The highest BCUT2D eigenvalue weighted by atomic mass is 32.1. The van der Waals surface area contributed by atoms with Crippen LogP contribution in [-0.2, 0) is 4.79 Å². The molecule has 2 rings (SSSR count). The minimum absolute atomic E-state index is 0.157. The molecule has 2 aliphatic rings. The van der Waals surface area contributed by atoms with Gasteiger partial charge in [-0.25, -0.2) is 0 Å². The number of hydrogen-bond donors (Lipinski definition) is 1. The lowest BCUT2D eigenvalue weighted by Gasteiger charge is -2.35. The number of carbonyl (C=O) groups excluding carboxylic acids is 1. The van der Waals surface area contributed by atoms with E-state index < -0.39 is 5.41 Å². The van der Waals surface area contributed by atoms with E-state index in [1.807, 2.05) is 11.9 Å². The minimum Gasteiger partial charge on any atom is -0.392 e. The van der Waals surface area contributed by atoms with E-state index in [0.29, 0.717) is 11.0 Å². The first-order valence-corrected chi connectivity index (χ1v) is 6.95. The van der Waals surface area contributed by atoms with Crippen LogP contribution in [0.15, 0.2) is 0 Å². The summed E-state index contributed by atoms with van der Waals surface area (Å²) in [6.45, 7) is 2.29. The van der Waals surface area contributed by atoms with Gasteiger partial charge in [0, 0.05) is 13.1 Å². The molecular weight excluding hydrogens is 232 g/mol. The van der Waals surface area contributed by atoms with E-state index >= 15 is 0 Å². The quantitative estimate of drug-likeness (QED) is 0.784. The molecule has 1 amide bonds. The summed E-state index contributed by atoms with van der Waals surface area (Å²) in [5.74, 6) is 0.963. The maximum Gasteiger partial charge on any atom is 0.235 e. The van der Waals surface area contributed by atoms with E-state index in [1.54, 1.807) is 0 Å². The molecule has 0 aliphatic heterocycles. The number of nitrogens with two attached hydrogens (primary N) is 1. The Hall–Kier alpha value is -0.640. The molecule has 0 radical (unpaired) electrons. The van der Waals surface area contributed by atoms with Gasteiger partial charge in [0.1, 0.15) is 0 Å². The van der Waals surface area contributed by atoms with Crippen molar-refractivity contribution in [2.75, 3.05) is 7.05 Å². The molecule has 96 valence electrons. The van der Waals surface area contributed by atoms with Crippen LogP contribution in [0.3, 0.4) is 0 Å². The lowest BCUT2D eigenvalue weighted by molar-refractivity contribution is -0.136. The molecule has 0 aromatic rings. The van der Waals surface area contributed by atoms with Crippen molar-refractivity contribution < 1.29 is 4.79 Å². The minimum atomic E-state index is -0.479. The van der Waals surface area contributed by atoms with Crippen LogP contribution in [0.2, 0.25) is 0 Å². The molecule has 0 atom stereocenters. The van der Waals surface area contributed by atoms with Gasteiger partial charge in [0.15, 0.2) is 0 Å². The average molecular weight is 254 g/mol. The summed E-state index contributed by atoms with van der Waals surface area (Å²) in [7, 11) is 1.92. The van der Waals surface area contributed by atoms with Crippen molar-refractivity contribution in [2.45, 2.75) is 51.5 Å². The highest BCUT2D eigenvalue weighted by Crippen LogP contribution is 2.48. The Kier molecular flexibility index (Phi) is 3.43. The zero-order chi connectivity index (χ0) is 12.6. The third kappa shape index (κ3) is 2.32. The van der Waals surface area contributed by atoms with Crippen LogP contribution >= 0.6 is 12.2 Å². The van der Waals surface area contributed by atoms with Gasteiger partial charge < -0.3 is 10.6 Å². The van der Waals surface area contributed by atoms with Crippen LogP contribution in [0.25, 0.3) is 0 Å². The van der Waals surface area contributed by atoms with Gasteiger partial charge >= 0.3 is 0 Å². The lowest BCUT2D eigenvalue weighted by Crippen LogP contribution is -2.46. The summed E-state index contributed by atoms with van der Waals surface area (Å²) in [4.78, 5) is 14.7. The van der Waals surface area contributed by atoms with Gasteiger partial charge in [-0.2, -0.15) is 0 Å². The van der Waals surface area contributed by atoms with Crippen molar-refractivity contribution >= 4 is 23.1 Å². The first-order valence-electron chi connectivity index (χ1n) is 6.54. The molecule has 0 spiro atoms. The van der Waals surface area contributed by atoms with Gasteiger partial charge in [0.2, 0.25) is 5.91 Å². The molecule has 2 fully saturated rings. The fourth-order valence-corrected chi connectivity index (χ4v) is 3.12. The van der Waals surface area contributed by atoms with Gasteiger partial charge in [-0.3, -0.25) is 4.79 Å². The Morgan fingerprint density at radius 1 is 1.29 bits per heavy atom. The molecule has 0 aromatic carbocycles. The Morgan fingerprint density at radius 2 is 1.82 bits per heavy atom. The molecule has 0 saturated heterocycles. The second-order valence-electron chi connectivity index (χ2n) is 5.78.